The van der Waals surface area contributed by atoms with E-state index in [-0.39, 0.29) is 0 Å². The van der Waals surface area contributed by atoms with E-state index >= 15 is 0 Å². The molecular formula is C13H23NO4. The van der Waals surface area contributed by atoms with E-state index in [9.17, 15) is 14.7 Å². The Morgan fingerprint density at radius 2 is 1.67 bits per heavy atom. The van der Waals surface area contributed by atoms with Gasteiger partial charge in [-0.25, -0.2) is 4.79 Å². The molecule has 0 unspecified atom stereocenters. The Balaban J connectivity index is 2.79. The average Bonchev–Trinajstić information content (AvgIpc) is 2.07. The summed E-state index contributed by atoms with van der Waals surface area (Å²) in [6.07, 6.45) is 1.72. The van der Waals surface area contributed by atoms with Crippen molar-refractivity contribution in [1.29, 1.82) is 0 Å². The molecule has 1 rings (SSSR count). The molecule has 0 heterocycles. The van der Waals surface area contributed by atoms with Crippen LogP contribution in [-0.2, 0) is 9.53 Å². The molecule has 1 aliphatic carbocycles. The third-order valence-corrected chi connectivity index (χ3v) is 3.68. The maximum atomic E-state index is 11.8. The number of rotatable bonds is 3. The first-order valence-electron chi connectivity index (χ1n) is 6.25. The number of hydrogen-bond acceptors (Lipinski definition) is 3. The summed E-state index contributed by atoms with van der Waals surface area (Å²) >= 11 is 0. The minimum absolute atomic E-state index is 0.545. The van der Waals surface area contributed by atoms with Crippen molar-refractivity contribution in [2.24, 2.45) is 5.41 Å². The van der Waals surface area contributed by atoms with Gasteiger partial charge in [-0.2, -0.15) is 0 Å². The third kappa shape index (κ3) is 2.76. The lowest BCUT2D eigenvalue weighted by Crippen LogP contribution is -2.65. The van der Waals surface area contributed by atoms with E-state index < -0.39 is 28.6 Å². The summed E-state index contributed by atoms with van der Waals surface area (Å²) in [6.45, 7) is 8.63. The molecule has 0 aromatic heterocycles. The lowest BCUT2D eigenvalue weighted by atomic mass is 9.60. The molecule has 0 aromatic carbocycles. The Kier molecular flexibility index (Phi) is 3.65. The molecule has 0 aliphatic heterocycles. The number of aliphatic carboxylic acids is 1. The minimum Gasteiger partial charge on any atom is -0.481 e. The molecule has 104 valence electrons. The van der Waals surface area contributed by atoms with E-state index in [4.69, 9.17) is 4.74 Å². The highest BCUT2D eigenvalue weighted by molar-refractivity contribution is 5.78. The van der Waals surface area contributed by atoms with Crippen LogP contribution in [0.1, 0.15) is 53.9 Å². The molecule has 5 heteroatoms. The van der Waals surface area contributed by atoms with Gasteiger partial charge in [0.15, 0.2) is 0 Å². The average molecular weight is 257 g/mol. The first kappa shape index (κ1) is 14.8. The summed E-state index contributed by atoms with van der Waals surface area (Å²) < 4.78 is 5.20. The van der Waals surface area contributed by atoms with E-state index in [0.717, 1.165) is 6.42 Å². The first-order valence-corrected chi connectivity index (χ1v) is 6.25. The largest absolute Gasteiger partial charge is 0.481 e. The van der Waals surface area contributed by atoms with Crippen molar-refractivity contribution >= 4 is 12.1 Å². The maximum absolute atomic E-state index is 11.8. The Morgan fingerprint density at radius 1 is 1.17 bits per heavy atom. The number of carboxylic acid groups (broad SMARTS) is 1. The zero-order valence-corrected chi connectivity index (χ0v) is 11.8. The SMILES string of the molecule is CC(C)(C)OC(=O)NC1(C(C)(C)C(=O)O)CCC1. The van der Waals surface area contributed by atoms with Gasteiger partial charge in [-0.1, -0.05) is 0 Å². The smallest absolute Gasteiger partial charge is 0.408 e. The molecule has 5 nitrogen and oxygen atoms in total. The van der Waals surface area contributed by atoms with Gasteiger partial charge in [-0.3, -0.25) is 4.79 Å². The predicted octanol–water partition coefficient (Wildman–Crippen LogP) is 2.54. The Hall–Kier alpha value is -1.26. The van der Waals surface area contributed by atoms with E-state index in [2.05, 4.69) is 5.32 Å². The number of amides is 1. The molecule has 1 fully saturated rings. The molecule has 0 aromatic rings. The van der Waals surface area contributed by atoms with Crippen molar-refractivity contribution in [3.05, 3.63) is 0 Å². The lowest BCUT2D eigenvalue weighted by Gasteiger charge is -2.50. The van der Waals surface area contributed by atoms with Gasteiger partial charge in [-0.05, 0) is 53.9 Å². The molecule has 2 N–H and O–H groups in total. The second-order valence-corrected chi connectivity index (χ2v) is 6.49. The molecular weight excluding hydrogens is 234 g/mol. The summed E-state index contributed by atoms with van der Waals surface area (Å²) in [5, 5.41) is 12.1. The van der Waals surface area contributed by atoms with Crippen LogP contribution in [0.15, 0.2) is 0 Å². The topological polar surface area (TPSA) is 75.6 Å². The van der Waals surface area contributed by atoms with Crippen LogP contribution in [0.2, 0.25) is 0 Å². The summed E-state index contributed by atoms with van der Waals surface area (Å²) in [4.78, 5) is 23.1. The highest BCUT2D eigenvalue weighted by Gasteiger charge is 2.55. The predicted molar refractivity (Wildman–Crippen MR) is 67.4 cm³/mol. The molecule has 0 spiro atoms. The highest BCUT2D eigenvalue weighted by atomic mass is 16.6. The molecule has 18 heavy (non-hydrogen) atoms. The van der Waals surface area contributed by atoms with E-state index in [1.54, 1.807) is 34.6 Å². The number of ether oxygens (including phenoxy) is 1. The number of hydrogen-bond donors (Lipinski definition) is 2. The highest BCUT2D eigenvalue weighted by Crippen LogP contribution is 2.46. The van der Waals surface area contributed by atoms with Crippen LogP contribution in [0.5, 0.6) is 0 Å². The summed E-state index contributed by atoms with van der Waals surface area (Å²) in [6, 6.07) is 0. The fourth-order valence-electron chi connectivity index (χ4n) is 2.14. The number of nitrogens with one attached hydrogen (secondary N) is 1. The number of alkyl carbamates (subject to hydrolysis) is 1. The van der Waals surface area contributed by atoms with Crippen LogP contribution in [0, 0.1) is 5.41 Å². The third-order valence-electron chi connectivity index (χ3n) is 3.68. The van der Waals surface area contributed by atoms with Gasteiger partial charge >= 0.3 is 12.1 Å². The first-order chi connectivity index (χ1) is 8.00. The van der Waals surface area contributed by atoms with Crippen molar-refractivity contribution in [3.8, 4) is 0 Å². The number of carbonyl (C=O) groups excluding carboxylic acids is 1. The summed E-state index contributed by atoms with van der Waals surface area (Å²) in [5.41, 5.74) is -2.27. The van der Waals surface area contributed by atoms with Crippen LogP contribution in [0.25, 0.3) is 0 Å². The molecule has 0 radical (unpaired) electrons. The molecule has 0 saturated heterocycles. The van der Waals surface area contributed by atoms with Gasteiger partial charge in [0.1, 0.15) is 5.60 Å². The van der Waals surface area contributed by atoms with Crippen LogP contribution >= 0.6 is 0 Å². The van der Waals surface area contributed by atoms with Crippen molar-refractivity contribution in [1.82, 2.24) is 5.32 Å². The molecule has 0 atom stereocenters. The fourth-order valence-corrected chi connectivity index (χ4v) is 2.14. The summed E-state index contributed by atoms with van der Waals surface area (Å²) in [5.74, 6) is -0.904. The normalized spacial score (nSPS) is 18.7. The van der Waals surface area contributed by atoms with Crippen LogP contribution in [0.3, 0.4) is 0 Å². The van der Waals surface area contributed by atoms with Gasteiger partial charge in [0.25, 0.3) is 0 Å². The van der Waals surface area contributed by atoms with Crippen molar-refractivity contribution < 1.29 is 19.4 Å². The molecule has 1 aliphatic rings. The zero-order chi connectivity index (χ0) is 14.2. The second-order valence-electron chi connectivity index (χ2n) is 6.49. The van der Waals surface area contributed by atoms with E-state index in [1.807, 2.05) is 0 Å². The monoisotopic (exact) mass is 257 g/mol. The molecule has 0 bridgehead atoms. The van der Waals surface area contributed by atoms with Crippen molar-refractivity contribution in [3.63, 3.8) is 0 Å². The Bertz CT molecular complexity index is 350. The standard InChI is InChI=1S/C13H23NO4/c1-11(2,3)18-10(17)14-13(7-6-8-13)12(4,5)9(15)16/h6-8H2,1-5H3,(H,14,17)(H,15,16). The number of carbonyl (C=O) groups is 2. The van der Waals surface area contributed by atoms with E-state index in [0.29, 0.717) is 12.8 Å². The van der Waals surface area contributed by atoms with Crippen molar-refractivity contribution in [2.75, 3.05) is 0 Å². The van der Waals surface area contributed by atoms with Gasteiger partial charge < -0.3 is 15.2 Å². The minimum atomic E-state index is -0.998. The maximum Gasteiger partial charge on any atom is 0.408 e. The van der Waals surface area contributed by atoms with Gasteiger partial charge in [0, 0.05) is 0 Å². The lowest BCUT2D eigenvalue weighted by molar-refractivity contribution is -0.155. The van der Waals surface area contributed by atoms with Crippen molar-refractivity contribution in [2.45, 2.75) is 65.0 Å². The van der Waals surface area contributed by atoms with Gasteiger partial charge in [0.2, 0.25) is 0 Å². The van der Waals surface area contributed by atoms with Crippen LogP contribution in [-0.4, -0.2) is 28.3 Å². The Morgan fingerprint density at radius 3 is 1.94 bits per heavy atom. The fraction of sp³-hybridized carbons (Fsp3) is 0.846. The zero-order valence-electron chi connectivity index (χ0n) is 11.8. The Labute approximate surface area is 108 Å². The quantitative estimate of drug-likeness (QED) is 0.814. The molecule has 1 saturated carbocycles. The van der Waals surface area contributed by atoms with Gasteiger partial charge in [-0.15, -0.1) is 0 Å². The molecule has 1 amide bonds. The van der Waals surface area contributed by atoms with Gasteiger partial charge in [0.05, 0.1) is 11.0 Å². The number of carboxylic acids is 1. The van der Waals surface area contributed by atoms with Crippen LogP contribution in [0.4, 0.5) is 4.79 Å². The second kappa shape index (κ2) is 4.44. The van der Waals surface area contributed by atoms with E-state index in [1.165, 1.54) is 0 Å². The van der Waals surface area contributed by atoms with Crippen LogP contribution < -0.4 is 5.32 Å². The summed E-state index contributed by atoms with van der Waals surface area (Å²) in [7, 11) is 0.